The van der Waals surface area contributed by atoms with Crippen molar-refractivity contribution >= 4 is 17.1 Å². The van der Waals surface area contributed by atoms with Crippen LogP contribution in [0.15, 0.2) is 9.21 Å². The number of carbonyl (C=O) groups is 1. The molecule has 0 spiro atoms. The number of likely N-dealkylation sites (tertiary alicyclic amines) is 1. The summed E-state index contributed by atoms with van der Waals surface area (Å²) in [5, 5.41) is 0.170. The molecule has 7 heteroatoms. The Bertz CT molecular complexity index is 771. The minimum Gasteiger partial charge on any atom is -0.462 e. The highest BCUT2D eigenvalue weighted by Crippen LogP contribution is 2.22. The van der Waals surface area contributed by atoms with E-state index >= 15 is 0 Å². The Balaban J connectivity index is 1.96. The summed E-state index contributed by atoms with van der Waals surface area (Å²) in [5.74, 6) is 0.361. The van der Waals surface area contributed by atoms with Gasteiger partial charge >= 0.3 is 5.97 Å². The van der Waals surface area contributed by atoms with Crippen LogP contribution in [0.25, 0.3) is 11.1 Å². The van der Waals surface area contributed by atoms with Gasteiger partial charge < -0.3 is 14.1 Å². The van der Waals surface area contributed by atoms with Crippen LogP contribution in [0.3, 0.4) is 0 Å². The molecule has 1 fully saturated rings. The van der Waals surface area contributed by atoms with E-state index in [1.165, 1.54) is 19.3 Å². The van der Waals surface area contributed by atoms with Gasteiger partial charge in [0.05, 0.1) is 13.2 Å². The second-order valence-electron chi connectivity index (χ2n) is 5.78. The van der Waals surface area contributed by atoms with E-state index in [0.717, 1.165) is 13.1 Å². The number of hydrogen-bond acceptors (Lipinski definition) is 6. The van der Waals surface area contributed by atoms with Crippen LogP contribution in [0.5, 0.6) is 0 Å². The molecule has 3 heterocycles. The van der Waals surface area contributed by atoms with Gasteiger partial charge in [-0.05, 0) is 39.8 Å². The minimum absolute atomic E-state index is 0.167. The first-order valence-electron chi connectivity index (χ1n) is 8.02. The molecule has 1 aliphatic heterocycles. The largest absolute Gasteiger partial charge is 0.462 e. The third-order valence-corrected chi connectivity index (χ3v) is 4.09. The molecule has 23 heavy (non-hydrogen) atoms. The van der Waals surface area contributed by atoms with Crippen LogP contribution in [0.1, 0.15) is 48.1 Å². The number of aromatic nitrogens is 2. The van der Waals surface area contributed by atoms with Gasteiger partial charge in [-0.2, -0.15) is 4.98 Å². The Kier molecular flexibility index (Phi) is 4.47. The molecule has 2 aromatic rings. The van der Waals surface area contributed by atoms with Crippen molar-refractivity contribution in [3.63, 3.8) is 0 Å². The number of furan rings is 1. The van der Waals surface area contributed by atoms with Crippen molar-refractivity contribution in [3.8, 4) is 0 Å². The fraction of sp³-hybridized carbons (Fsp3) is 0.562. The first-order chi connectivity index (χ1) is 11.1. The summed E-state index contributed by atoms with van der Waals surface area (Å²) in [5.41, 5.74) is 0.00310. The van der Waals surface area contributed by atoms with Crippen LogP contribution in [0, 0.1) is 6.92 Å². The highest BCUT2D eigenvalue weighted by Gasteiger charge is 2.24. The number of H-pyrrole nitrogens is 1. The van der Waals surface area contributed by atoms with E-state index in [1.807, 2.05) is 0 Å². The van der Waals surface area contributed by atoms with Crippen LogP contribution in [0.2, 0.25) is 0 Å². The molecule has 0 unspecified atom stereocenters. The van der Waals surface area contributed by atoms with Gasteiger partial charge in [-0.25, -0.2) is 4.79 Å². The first kappa shape index (κ1) is 15.7. The zero-order valence-corrected chi connectivity index (χ0v) is 13.5. The number of rotatable bonds is 4. The number of nitrogens with zero attached hydrogens (tertiary/aromatic N) is 2. The summed E-state index contributed by atoms with van der Waals surface area (Å²) in [6, 6.07) is 0. The summed E-state index contributed by atoms with van der Waals surface area (Å²) in [6.45, 7) is 6.19. The maximum absolute atomic E-state index is 12.4. The average Bonchev–Trinajstić information content (AvgIpc) is 2.85. The standard InChI is InChI=1S/C16H21N3O4/c1-3-22-16(21)12-10(2)23-15-13(12)14(20)17-11(18-15)9-19-7-5-4-6-8-19/h3-9H2,1-2H3,(H,17,18,20). The van der Waals surface area contributed by atoms with Crippen LogP contribution in [-0.2, 0) is 11.3 Å². The van der Waals surface area contributed by atoms with E-state index < -0.39 is 5.97 Å². The van der Waals surface area contributed by atoms with Gasteiger partial charge in [-0.15, -0.1) is 0 Å². The van der Waals surface area contributed by atoms with Crippen molar-refractivity contribution in [3.05, 3.63) is 27.5 Å². The molecule has 0 aliphatic carbocycles. The summed E-state index contributed by atoms with van der Waals surface area (Å²) in [7, 11) is 0. The van der Waals surface area contributed by atoms with E-state index in [2.05, 4.69) is 14.9 Å². The van der Waals surface area contributed by atoms with Crippen molar-refractivity contribution < 1.29 is 13.9 Å². The van der Waals surface area contributed by atoms with Gasteiger partial charge in [0, 0.05) is 0 Å². The molecule has 0 atom stereocenters. The van der Waals surface area contributed by atoms with Crippen molar-refractivity contribution in [2.75, 3.05) is 19.7 Å². The molecule has 3 rings (SSSR count). The number of piperidine rings is 1. The predicted molar refractivity (Wildman–Crippen MR) is 84.5 cm³/mol. The molecule has 1 saturated heterocycles. The van der Waals surface area contributed by atoms with Crippen LogP contribution in [0.4, 0.5) is 0 Å². The highest BCUT2D eigenvalue weighted by molar-refractivity contribution is 6.03. The number of carbonyl (C=O) groups excluding carboxylic acids is 1. The summed E-state index contributed by atoms with van der Waals surface area (Å²) < 4.78 is 10.5. The lowest BCUT2D eigenvalue weighted by atomic mass is 10.1. The molecule has 0 amide bonds. The summed E-state index contributed by atoms with van der Waals surface area (Å²) in [4.78, 5) is 33.8. The van der Waals surface area contributed by atoms with Crippen molar-refractivity contribution in [1.29, 1.82) is 0 Å². The number of fused-ring (bicyclic) bond motifs is 1. The maximum atomic E-state index is 12.4. The topological polar surface area (TPSA) is 88.4 Å². The highest BCUT2D eigenvalue weighted by atomic mass is 16.5. The molecule has 7 nitrogen and oxygen atoms in total. The van der Waals surface area contributed by atoms with E-state index in [1.54, 1.807) is 13.8 Å². The van der Waals surface area contributed by atoms with Gasteiger partial charge in [0.2, 0.25) is 5.71 Å². The van der Waals surface area contributed by atoms with E-state index in [0.29, 0.717) is 18.1 Å². The molecule has 124 valence electrons. The normalized spacial score (nSPS) is 15.9. The lowest BCUT2D eigenvalue weighted by molar-refractivity contribution is 0.0526. The Morgan fingerprint density at radius 1 is 1.35 bits per heavy atom. The number of aryl methyl sites for hydroxylation is 1. The fourth-order valence-electron chi connectivity index (χ4n) is 3.02. The molecular formula is C16H21N3O4. The second kappa shape index (κ2) is 6.54. The summed E-state index contributed by atoms with van der Waals surface area (Å²) >= 11 is 0. The second-order valence-corrected chi connectivity index (χ2v) is 5.78. The number of hydrogen-bond donors (Lipinski definition) is 1. The van der Waals surface area contributed by atoms with Crippen LogP contribution in [-0.4, -0.2) is 40.5 Å². The molecule has 0 saturated carbocycles. The van der Waals surface area contributed by atoms with Gasteiger partial charge in [-0.3, -0.25) is 9.69 Å². The number of ether oxygens (including phenoxy) is 1. The Labute approximate surface area is 133 Å². The van der Waals surface area contributed by atoms with Crippen molar-refractivity contribution in [2.45, 2.75) is 39.7 Å². The van der Waals surface area contributed by atoms with Crippen molar-refractivity contribution in [1.82, 2.24) is 14.9 Å². The number of nitrogens with one attached hydrogen (secondary N) is 1. The van der Waals surface area contributed by atoms with Gasteiger partial charge in [-0.1, -0.05) is 6.42 Å². The molecular weight excluding hydrogens is 298 g/mol. The molecule has 0 bridgehead atoms. The summed E-state index contributed by atoms with van der Waals surface area (Å²) in [6.07, 6.45) is 3.58. The smallest absolute Gasteiger partial charge is 0.342 e. The Morgan fingerprint density at radius 3 is 2.78 bits per heavy atom. The number of esters is 1. The maximum Gasteiger partial charge on any atom is 0.342 e. The Hall–Kier alpha value is -2.15. The van der Waals surface area contributed by atoms with Crippen LogP contribution >= 0.6 is 0 Å². The Morgan fingerprint density at radius 2 is 2.09 bits per heavy atom. The van der Waals surface area contributed by atoms with Crippen molar-refractivity contribution in [2.24, 2.45) is 0 Å². The molecule has 2 aromatic heterocycles. The molecule has 1 aliphatic rings. The molecule has 0 aromatic carbocycles. The van der Waals surface area contributed by atoms with Gasteiger partial charge in [0.25, 0.3) is 5.56 Å². The number of aromatic amines is 1. The first-order valence-corrected chi connectivity index (χ1v) is 8.02. The molecule has 0 radical (unpaired) electrons. The lowest BCUT2D eigenvalue weighted by Gasteiger charge is -2.25. The zero-order chi connectivity index (χ0) is 16.4. The van der Waals surface area contributed by atoms with Crippen LogP contribution < -0.4 is 5.56 Å². The average molecular weight is 319 g/mol. The van der Waals surface area contributed by atoms with E-state index in [9.17, 15) is 9.59 Å². The predicted octanol–water partition coefficient (Wildman–Crippen LogP) is 1.99. The van der Waals surface area contributed by atoms with E-state index in [-0.39, 0.29) is 28.8 Å². The minimum atomic E-state index is -0.556. The van der Waals surface area contributed by atoms with E-state index in [4.69, 9.17) is 9.15 Å². The lowest BCUT2D eigenvalue weighted by Crippen LogP contribution is -2.30. The molecule has 1 N–H and O–H groups in total. The van der Waals surface area contributed by atoms with Gasteiger partial charge in [0.15, 0.2) is 0 Å². The zero-order valence-electron chi connectivity index (χ0n) is 13.5. The third-order valence-electron chi connectivity index (χ3n) is 4.09. The fourth-order valence-corrected chi connectivity index (χ4v) is 3.02. The monoisotopic (exact) mass is 319 g/mol. The third kappa shape index (κ3) is 3.14. The van der Waals surface area contributed by atoms with Gasteiger partial charge in [0.1, 0.15) is 22.5 Å². The quantitative estimate of drug-likeness (QED) is 0.867. The SMILES string of the molecule is CCOC(=O)c1c(C)oc2nc(CN3CCCCC3)[nH]c(=O)c12.